The maximum absolute atomic E-state index is 12.7. The highest BCUT2D eigenvalue weighted by atomic mass is 16.2. The SMILES string of the molecule is CC1(C)C(=O)CC[C@]2(C)[C@@H]3CC[C@@]4(C)[C@@H](c5cc(=O)c5=O)CC[C@]4(C)C3=CC[C@@H]12. The first-order chi connectivity index (χ1) is 13.5. The second kappa shape index (κ2) is 5.59. The van der Waals surface area contributed by atoms with Gasteiger partial charge < -0.3 is 0 Å². The Morgan fingerprint density at radius 3 is 2.24 bits per heavy atom. The van der Waals surface area contributed by atoms with Crippen LogP contribution in [0.15, 0.2) is 27.3 Å². The summed E-state index contributed by atoms with van der Waals surface area (Å²) < 4.78 is 0. The summed E-state index contributed by atoms with van der Waals surface area (Å²) >= 11 is 0. The van der Waals surface area contributed by atoms with E-state index in [9.17, 15) is 14.4 Å². The molecule has 3 heteroatoms. The van der Waals surface area contributed by atoms with E-state index in [0.717, 1.165) is 44.1 Å². The average molecular weight is 395 g/mol. The van der Waals surface area contributed by atoms with E-state index in [-0.39, 0.29) is 38.4 Å². The molecule has 5 rings (SSSR count). The monoisotopic (exact) mass is 394 g/mol. The van der Waals surface area contributed by atoms with Crippen LogP contribution in [0, 0.1) is 33.5 Å². The van der Waals surface area contributed by atoms with Gasteiger partial charge in [-0.2, -0.15) is 0 Å². The van der Waals surface area contributed by atoms with Crippen molar-refractivity contribution in [2.45, 2.75) is 85.5 Å². The highest BCUT2D eigenvalue weighted by molar-refractivity contribution is 5.85. The average Bonchev–Trinajstić information content (AvgIpc) is 2.94. The zero-order valence-electron chi connectivity index (χ0n) is 18.6. The fourth-order valence-corrected chi connectivity index (χ4v) is 8.60. The van der Waals surface area contributed by atoms with Crippen LogP contribution in [0.5, 0.6) is 0 Å². The van der Waals surface area contributed by atoms with Gasteiger partial charge in [-0.1, -0.05) is 46.3 Å². The molecule has 0 saturated heterocycles. The summed E-state index contributed by atoms with van der Waals surface area (Å²) in [7, 11) is 0. The third kappa shape index (κ3) is 2.12. The predicted molar refractivity (Wildman–Crippen MR) is 115 cm³/mol. The molecule has 0 aliphatic heterocycles. The van der Waals surface area contributed by atoms with Gasteiger partial charge in [0.2, 0.25) is 10.9 Å². The fraction of sp³-hybridized carbons (Fsp3) is 0.731. The van der Waals surface area contributed by atoms with E-state index in [1.54, 1.807) is 11.6 Å². The molecule has 0 heterocycles. The Hall–Kier alpha value is -1.51. The minimum Gasteiger partial charge on any atom is -0.299 e. The topological polar surface area (TPSA) is 51.2 Å². The zero-order chi connectivity index (χ0) is 21.0. The molecular formula is C26H34O3. The van der Waals surface area contributed by atoms with Gasteiger partial charge in [0, 0.05) is 17.4 Å². The minimum atomic E-state index is -0.313. The lowest BCUT2D eigenvalue weighted by atomic mass is 9.41. The quantitative estimate of drug-likeness (QED) is 0.501. The maximum Gasteiger partial charge on any atom is 0.229 e. The third-order valence-electron chi connectivity index (χ3n) is 10.7. The molecule has 1 aromatic carbocycles. The van der Waals surface area contributed by atoms with Gasteiger partial charge in [0.25, 0.3) is 0 Å². The van der Waals surface area contributed by atoms with Gasteiger partial charge in [-0.25, -0.2) is 0 Å². The van der Waals surface area contributed by atoms with Crippen LogP contribution >= 0.6 is 0 Å². The van der Waals surface area contributed by atoms with Crippen molar-refractivity contribution in [3.05, 3.63) is 43.7 Å². The second-order valence-corrected chi connectivity index (χ2v) is 11.8. The fourth-order valence-electron chi connectivity index (χ4n) is 8.60. The van der Waals surface area contributed by atoms with Crippen molar-refractivity contribution in [2.75, 3.05) is 0 Å². The molecule has 4 aliphatic rings. The lowest BCUT2D eigenvalue weighted by molar-refractivity contribution is -0.145. The van der Waals surface area contributed by atoms with E-state index in [4.69, 9.17) is 0 Å². The van der Waals surface area contributed by atoms with Crippen molar-refractivity contribution >= 4 is 5.78 Å². The summed E-state index contributed by atoms with van der Waals surface area (Å²) in [6.45, 7) is 11.6. The van der Waals surface area contributed by atoms with Crippen molar-refractivity contribution in [2.24, 2.45) is 33.5 Å². The number of Topliss-reactive ketones (excluding diaryl/α,β-unsaturated/α-hetero) is 1. The lowest BCUT2D eigenvalue weighted by Gasteiger charge is -2.63. The highest BCUT2D eigenvalue weighted by Crippen LogP contribution is 2.73. The first-order valence-corrected chi connectivity index (χ1v) is 11.5. The number of fused-ring (bicyclic) bond motifs is 5. The van der Waals surface area contributed by atoms with E-state index in [1.165, 1.54) is 0 Å². The molecular weight excluding hydrogens is 360 g/mol. The van der Waals surface area contributed by atoms with Crippen LogP contribution in [0.1, 0.15) is 91.0 Å². The molecule has 1 aromatic rings. The van der Waals surface area contributed by atoms with Gasteiger partial charge >= 0.3 is 0 Å². The van der Waals surface area contributed by atoms with Gasteiger partial charge in [0.05, 0.1) is 0 Å². The lowest BCUT2D eigenvalue weighted by Crippen LogP contribution is -2.57. The number of allylic oxidation sites excluding steroid dienone is 2. The van der Waals surface area contributed by atoms with Crippen LogP contribution in [0.4, 0.5) is 0 Å². The summed E-state index contributed by atoms with van der Waals surface area (Å²) in [5, 5.41) is 0. The van der Waals surface area contributed by atoms with Gasteiger partial charge in [0.15, 0.2) is 0 Å². The maximum atomic E-state index is 12.7. The van der Waals surface area contributed by atoms with Gasteiger partial charge in [-0.3, -0.25) is 14.4 Å². The van der Waals surface area contributed by atoms with Crippen molar-refractivity contribution in [1.29, 1.82) is 0 Å². The summed E-state index contributed by atoms with van der Waals surface area (Å²) in [6, 6.07) is 1.61. The molecule has 0 radical (unpaired) electrons. The standard InChI is InChI=1S/C26H34O3/c1-23(2)20-7-6-18-17(24(20,3)11-10-21(23)28)9-13-25(4)16(8-12-26(18,25)5)15-14-19(27)22(15)29/h6,14,16-17,20H,7-13H2,1-5H3/t16-,17-,20+,24-,25+,26-/m1/s1. The van der Waals surface area contributed by atoms with Crippen molar-refractivity contribution in [3.63, 3.8) is 0 Å². The number of hydrogen-bond acceptors (Lipinski definition) is 3. The largest absolute Gasteiger partial charge is 0.299 e. The highest BCUT2D eigenvalue weighted by Gasteiger charge is 2.65. The Morgan fingerprint density at radius 2 is 1.59 bits per heavy atom. The van der Waals surface area contributed by atoms with Gasteiger partial charge in [-0.05, 0) is 78.6 Å². The second-order valence-electron chi connectivity index (χ2n) is 11.8. The molecule has 0 spiro atoms. The Bertz CT molecular complexity index is 1010. The predicted octanol–water partition coefficient (Wildman–Crippen LogP) is 4.92. The van der Waals surface area contributed by atoms with Crippen molar-refractivity contribution < 1.29 is 4.79 Å². The Balaban J connectivity index is 1.57. The van der Waals surface area contributed by atoms with Crippen LogP contribution in [-0.4, -0.2) is 5.78 Å². The van der Waals surface area contributed by atoms with Crippen molar-refractivity contribution in [3.8, 4) is 0 Å². The molecule has 0 N–H and O–H groups in total. The summed E-state index contributed by atoms with van der Waals surface area (Å²) in [5.74, 6) is 1.61. The molecule has 29 heavy (non-hydrogen) atoms. The molecule has 3 nitrogen and oxygen atoms in total. The molecule has 0 bridgehead atoms. The first-order valence-electron chi connectivity index (χ1n) is 11.5. The number of ketones is 1. The van der Waals surface area contributed by atoms with Gasteiger partial charge in [-0.15, -0.1) is 0 Å². The molecule has 3 fully saturated rings. The van der Waals surface area contributed by atoms with Crippen molar-refractivity contribution in [1.82, 2.24) is 0 Å². The van der Waals surface area contributed by atoms with Crippen LogP contribution in [0.25, 0.3) is 0 Å². The molecule has 156 valence electrons. The van der Waals surface area contributed by atoms with E-state index in [0.29, 0.717) is 24.0 Å². The summed E-state index contributed by atoms with van der Waals surface area (Å²) in [5.41, 5.74) is 1.93. The first kappa shape index (κ1) is 19.5. The van der Waals surface area contributed by atoms with E-state index in [1.807, 2.05) is 0 Å². The molecule has 6 atom stereocenters. The Kier molecular flexibility index (Phi) is 3.75. The number of hydrogen-bond donors (Lipinski definition) is 0. The van der Waals surface area contributed by atoms with Crippen LogP contribution in [0.3, 0.4) is 0 Å². The third-order valence-corrected chi connectivity index (χ3v) is 10.7. The van der Waals surface area contributed by atoms with E-state index < -0.39 is 0 Å². The molecule has 3 saturated carbocycles. The molecule has 0 unspecified atom stereocenters. The molecule has 4 aliphatic carbocycles. The van der Waals surface area contributed by atoms with E-state index in [2.05, 4.69) is 40.7 Å². The van der Waals surface area contributed by atoms with Crippen LogP contribution < -0.4 is 10.9 Å². The number of rotatable bonds is 1. The van der Waals surface area contributed by atoms with Crippen LogP contribution in [0.2, 0.25) is 0 Å². The Labute approximate surface area is 173 Å². The summed E-state index contributed by atoms with van der Waals surface area (Å²) in [6.07, 6.45) is 9.56. The smallest absolute Gasteiger partial charge is 0.229 e. The van der Waals surface area contributed by atoms with Gasteiger partial charge in [0.1, 0.15) is 5.78 Å². The van der Waals surface area contributed by atoms with E-state index >= 15 is 0 Å². The number of carbonyl (C=O) groups excluding carboxylic acids is 1. The normalized spacial score (nSPS) is 46.0. The van der Waals surface area contributed by atoms with Crippen LogP contribution in [-0.2, 0) is 4.79 Å². The zero-order valence-corrected chi connectivity index (χ0v) is 18.6. The minimum absolute atomic E-state index is 0.0424. The Morgan fingerprint density at radius 1 is 0.897 bits per heavy atom. The molecule has 0 aromatic heterocycles. The molecule has 0 amide bonds. The number of carbonyl (C=O) groups is 1. The summed E-state index contributed by atoms with van der Waals surface area (Å²) in [4.78, 5) is 36.5.